The summed E-state index contributed by atoms with van der Waals surface area (Å²) < 4.78 is 23.3. The van der Waals surface area contributed by atoms with Crippen LogP contribution in [0.15, 0.2) is 42.5 Å². The molecule has 148 valence electrons. The first-order chi connectivity index (χ1) is 13.4. The highest BCUT2D eigenvalue weighted by Gasteiger charge is 2.14. The van der Waals surface area contributed by atoms with Gasteiger partial charge < -0.3 is 20.1 Å². The van der Waals surface area contributed by atoms with E-state index in [-0.39, 0.29) is 17.9 Å². The van der Waals surface area contributed by atoms with Gasteiger partial charge in [-0.15, -0.1) is 0 Å². The monoisotopic (exact) mass is 388 g/mol. The van der Waals surface area contributed by atoms with Gasteiger partial charge >= 0.3 is 5.97 Å². The van der Waals surface area contributed by atoms with Crippen molar-refractivity contribution in [2.45, 2.75) is 13.5 Å². The third-order valence-corrected chi connectivity index (χ3v) is 3.84. The van der Waals surface area contributed by atoms with E-state index in [1.165, 1.54) is 13.2 Å². The smallest absolute Gasteiger partial charge is 0.325 e. The maximum Gasteiger partial charge on any atom is 0.325 e. The Hall–Kier alpha value is -3.42. The van der Waals surface area contributed by atoms with Crippen LogP contribution in [0.1, 0.15) is 21.5 Å². The number of halogens is 1. The van der Waals surface area contributed by atoms with Crippen molar-refractivity contribution in [3.05, 3.63) is 65.0 Å². The van der Waals surface area contributed by atoms with Crippen molar-refractivity contribution in [2.24, 2.45) is 0 Å². The fourth-order valence-electron chi connectivity index (χ4n) is 2.27. The van der Waals surface area contributed by atoms with Crippen LogP contribution in [-0.2, 0) is 20.9 Å². The lowest BCUT2D eigenvalue weighted by Gasteiger charge is -2.09. The first-order valence-electron chi connectivity index (χ1n) is 8.49. The third kappa shape index (κ3) is 6.08. The van der Waals surface area contributed by atoms with Crippen molar-refractivity contribution in [3.63, 3.8) is 0 Å². The Kier molecular flexibility index (Phi) is 7.50. The van der Waals surface area contributed by atoms with Gasteiger partial charge in [-0.1, -0.05) is 24.3 Å². The molecule has 7 nitrogen and oxygen atoms in total. The van der Waals surface area contributed by atoms with E-state index in [9.17, 15) is 18.8 Å². The van der Waals surface area contributed by atoms with Crippen LogP contribution in [0.4, 0.5) is 4.39 Å². The van der Waals surface area contributed by atoms with Crippen LogP contribution in [0.5, 0.6) is 5.75 Å². The molecule has 0 saturated heterocycles. The molecule has 0 heterocycles. The molecule has 2 N–H and O–H groups in total. The van der Waals surface area contributed by atoms with Gasteiger partial charge in [0.2, 0.25) is 0 Å². The molecule has 0 aliphatic rings. The summed E-state index contributed by atoms with van der Waals surface area (Å²) in [5.41, 5.74) is 1.38. The number of para-hydroxylation sites is 1. The molecule has 2 aromatic rings. The van der Waals surface area contributed by atoms with Crippen LogP contribution >= 0.6 is 0 Å². The van der Waals surface area contributed by atoms with Gasteiger partial charge in [-0.2, -0.15) is 0 Å². The molecule has 8 heteroatoms. The summed E-state index contributed by atoms with van der Waals surface area (Å²) in [5.74, 6) is -1.78. The molecule has 0 radical (unpaired) electrons. The van der Waals surface area contributed by atoms with Crippen LogP contribution in [-0.4, -0.2) is 38.0 Å². The van der Waals surface area contributed by atoms with Crippen molar-refractivity contribution >= 4 is 17.8 Å². The minimum absolute atomic E-state index is 0.109. The van der Waals surface area contributed by atoms with E-state index < -0.39 is 30.9 Å². The van der Waals surface area contributed by atoms with E-state index in [2.05, 4.69) is 10.6 Å². The average Bonchev–Trinajstić information content (AvgIpc) is 2.71. The lowest BCUT2D eigenvalue weighted by atomic mass is 10.1. The van der Waals surface area contributed by atoms with Gasteiger partial charge in [-0.05, 0) is 36.2 Å². The number of amides is 2. The molecular weight excluding hydrogens is 367 g/mol. The standard InChI is InChI=1S/C20H21FN2O5/c1-13-7-8-14(9-16(13)21)10-22-18(24)12-28-19(25)11-23-20(26)15-5-3-4-6-17(15)27-2/h3-9H,10-12H2,1-2H3,(H,22,24)(H,23,26). The van der Waals surface area contributed by atoms with Gasteiger partial charge in [-0.25, -0.2) is 4.39 Å². The zero-order chi connectivity index (χ0) is 20.5. The number of aryl methyl sites for hydroxylation is 1. The largest absolute Gasteiger partial charge is 0.496 e. The van der Waals surface area contributed by atoms with Crippen molar-refractivity contribution < 1.29 is 28.2 Å². The SMILES string of the molecule is COc1ccccc1C(=O)NCC(=O)OCC(=O)NCc1ccc(C)c(F)c1. The van der Waals surface area contributed by atoms with E-state index in [0.717, 1.165) is 0 Å². The molecule has 2 amide bonds. The molecule has 0 spiro atoms. The summed E-state index contributed by atoms with van der Waals surface area (Å²) in [5, 5.41) is 4.92. The molecule has 0 aromatic heterocycles. The highest BCUT2D eigenvalue weighted by atomic mass is 19.1. The summed E-state index contributed by atoms with van der Waals surface area (Å²) in [6.45, 7) is 0.854. The number of methoxy groups -OCH3 is 1. The molecule has 0 fully saturated rings. The highest BCUT2D eigenvalue weighted by Crippen LogP contribution is 2.16. The molecule has 0 unspecified atom stereocenters. The van der Waals surface area contributed by atoms with Crippen LogP contribution in [0.3, 0.4) is 0 Å². The number of ether oxygens (including phenoxy) is 2. The fourth-order valence-corrected chi connectivity index (χ4v) is 2.27. The maximum atomic E-state index is 13.5. The van der Waals surface area contributed by atoms with E-state index in [0.29, 0.717) is 16.9 Å². The topological polar surface area (TPSA) is 93.7 Å². The Morgan fingerprint density at radius 2 is 1.82 bits per heavy atom. The Morgan fingerprint density at radius 1 is 1.07 bits per heavy atom. The molecule has 2 aromatic carbocycles. The van der Waals surface area contributed by atoms with Gasteiger partial charge in [-0.3, -0.25) is 14.4 Å². The Morgan fingerprint density at radius 3 is 2.54 bits per heavy atom. The quantitative estimate of drug-likeness (QED) is 0.672. The Labute approximate surface area is 161 Å². The molecule has 0 saturated carbocycles. The minimum atomic E-state index is -0.764. The van der Waals surface area contributed by atoms with Crippen molar-refractivity contribution in [2.75, 3.05) is 20.3 Å². The van der Waals surface area contributed by atoms with E-state index in [1.54, 1.807) is 43.3 Å². The molecule has 28 heavy (non-hydrogen) atoms. The number of esters is 1. The molecule has 0 atom stereocenters. The predicted octanol–water partition coefficient (Wildman–Crippen LogP) is 1.73. The number of carbonyl (C=O) groups is 3. The zero-order valence-corrected chi connectivity index (χ0v) is 15.6. The fraction of sp³-hybridized carbons (Fsp3) is 0.250. The number of rotatable bonds is 8. The van der Waals surface area contributed by atoms with E-state index >= 15 is 0 Å². The Balaban J connectivity index is 1.72. The summed E-state index contributed by atoms with van der Waals surface area (Å²) >= 11 is 0. The number of carbonyl (C=O) groups excluding carboxylic acids is 3. The second kappa shape index (κ2) is 10.1. The third-order valence-electron chi connectivity index (χ3n) is 3.84. The van der Waals surface area contributed by atoms with Gasteiger partial charge in [0.1, 0.15) is 18.1 Å². The summed E-state index contributed by atoms with van der Waals surface area (Å²) in [6.07, 6.45) is 0. The van der Waals surface area contributed by atoms with Crippen LogP contribution < -0.4 is 15.4 Å². The average molecular weight is 388 g/mol. The van der Waals surface area contributed by atoms with Crippen LogP contribution in [0, 0.1) is 12.7 Å². The normalized spacial score (nSPS) is 10.1. The van der Waals surface area contributed by atoms with Gasteiger partial charge in [0.15, 0.2) is 6.61 Å². The first kappa shape index (κ1) is 20.9. The number of hydrogen-bond acceptors (Lipinski definition) is 5. The van der Waals surface area contributed by atoms with Crippen LogP contribution in [0.25, 0.3) is 0 Å². The molecular formula is C20H21FN2O5. The number of nitrogens with one attached hydrogen (secondary N) is 2. The molecule has 0 aliphatic carbocycles. The predicted molar refractivity (Wildman–Crippen MR) is 99.3 cm³/mol. The highest BCUT2D eigenvalue weighted by molar-refractivity contribution is 5.98. The minimum Gasteiger partial charge on any atom is -0.496 e. The number of hydrogen-bond donors (Lipinski definition) is 2. The lowest BCUT2D eigenvalue weighted by Crippen LogP contribution is -2.34. The second-order valence-electron chi connectivity index (χ2n) is 5.90. The number of benzene rings is 2. The van der Waals surface area contributed by atoms with E-state index in [1.807, 2.05) is 0 Å². The molecule has 0 aliphatic heterocycles. The van der Waals surface area contributed by atoms with Crippen molar-refractivity contribution in [3.8, 4) is 5.75 Å². The summed E-state index contributed by atoms with van der Waals surface area (Å²) in [6, 6.07) is 11.2. The maximum absolute atomic E-state index is 13.5. The molecule has 0 bridgehead atoms. The Bertz CT molecular complexity index is 869. The first-order valence-corrected chi connectivity index (χ1v) is 8.49. The lowest BCUT2D eigenvalue weighted by molar-refractivity contribution is -0.147. The second-order valence-corrected chi connectivity index (χ2v) is 5.90. The van der Waals surface area contributed by atoms with Crippen molar-refractivity contribution in [1.82, 2.24) is 10.6 Å². The summed E-state index contributed by atoms with van der Waals surface area (Å²) in [4.78, 5) is 35.5. The van der Waals surface area contributed by atoms with E-state index in [4.69, 9.17) is 9.47 Å². The van der Waals surface area contributed by atoms with Gasteiger partial charge in [0.25, 0.3) is 11.8 Å². The van der Waals surface area contributed by atoms with Gasteiger partial charge in [0, 0.05) is 6.54 Å². The zero-order valence-electron chi connectivity index (χ0n) is 15.6. The molecule has 2 rings (SSSR count). The van der Waals surface area contributed by atoms with Gasteiger partial charge in [0.05, 0.1) is 12.7 Å². The van der Waals surface area contributed by atoms with Crippen molar-refractivity contribution in [1.29, 1.82) is 0 Å². The van der Waals surface area contributed by atoms with Crippen LogP contribution in [0.2, 0.25) is 0 Å². The summed E-state index contributed by atoms with van der Waals surface area (Å²) in [7, 11) is 1.43.